The van der Waals surface area contributed by atoms with Crippen LogP contribution in [-0.4, -0.2) is 107 Å². The summed E-state index contributed by atoms with van der Waals surface area (Å²) in [6, 6.07) is -0.960. The fourth-order valence-electron chi connectivity index (χ4n) is 3.22. The molecule has 6 N–H and O–H groups in total. The van der Waals surface area contributed by atoms with Crippen LogP contribution in [0.4, 0.5) is 0 Å². The van der Waals surface area contributed by atoms with Crippen molar-refractivity contribution in [1.29, 1.82) is 0 Å². The molecule has 0 bridgehead atoms. The molecule has 1 amide bonds. The predicted octanol–water partition coefficient (Wildman–Crippen LogP) is -3.57. The standard InChI is InChI=1S/C15H27NO10/c1-5-12(10(20)11(21)14(22)24-5)26-15-8(16-6(2)18)13(23-3)9(19)7(4-17)25-15/h5,7-15,17,19-22H,4H2,1-3H3,(H,16,18). The van der Waals surface area contributed by atoms with Crippen LogP contribution < -0.4 is 5.32 Å². The average molecular weight is 381 g/mol. The quantitative estimate of drug-likeness (QED) is 0.280. The number of rotatable bonds is 5. The number of nitrogens with one attached hydrogen (secondary N) is 1. The third-order valence-electron chi connectivity index (χ3n) is 4.58. The number of carbonyl (C=O) groups excluding carboxylic acids is 1. The molecule has 2 fully saturated rings. The number of amides is 1. The normalized spacial score (nSPS) is 46.8. The molecule has 2 rings (SSSR count). The first-order chi connectivity index (χ1) is 12.2. The van der Waals surface area contributed by atoms with Gasteiger partial charge in [0.15, 0.2) is 12.6 Å². The Balaban J connectivity index is 2.23. The molecule has 2 saturated heterocycles. The molecule has 0 aromatic heterocycles. The summed E-state index contributed by atoms with van der Waals surface area (Å²) in [5.41, 5.74) is 0. The van der Waals surface area contributed by atoms with Crippen molar-refractivity contribution in [3.05, 3.63) is 0 Å². The highest BCUT2D eigenvalue weighted by Gasteiger charge is 2.50. The Hall–Kier alpha value is -0.890. The van der Waals surface area contributed by atoms with Gasteiger partial charge in [-0.15, -0.1) is 0 Å². The third kappa shape index (κ3) is 4.32. The van der Waals surface area contributed by atoms with Gasteiger partial charge in [0.05, 0.1) is 12.7 Å². The summed E-state index contributed by atoms with van der Waals surface area (Å²) in [4.78, 5) is 11.5. The van der Waals surface area contributed by atoms with Crippen molar-refractivity contribution in [2.75, 3.05) is 13.7 Å². The summed E-state index contributed by atoms with van der Waals surface area (Å²) < 4.78 is 21.6. The molecule has 0 radical (unpaired) electrons. The van der Waals surface area contributed by atoms with Gasteiger partial charge in [0.2, 0.25) is 5.91 Å². The maximum atomic E-state index is 11.5. The minimum atomic E-state index is -1.60. The molecule has 10 unspecified atom stereocenters. The van der Waals surface area contributed by atoms with Gasteiger partial charge in [-0.1, -0.05) is 0 Å². The molecular weight excluding hydrogens is 354 g/mol. The van der Waals surface area contributed by atoms with Gasteiger partial charge in [-0.25, -0.2) is 0 Å². The number of aliphatic hydroxyl groups excluding tert-OH is 5. The topological polar surface area (TPSA) is 167 Å². The smallest absolute Gasteiger partial charge is 0.217 e. The first kappa shape index (κ1) is 21.4. The van der Waals surface area contributed by atoms with Crippen LogP contribution in [0.3, 0.4) is 0 Å². The zero-order valence-corrected chi connectivity index (χ0v) is 14.8. The van der Waals surface area contributed by atoms with E-state index in [1.807, 2.05) is 0 Å². The highest BCUT2D eigenvalue weighted by atomic mass is 16.7. The lowest BCUT2D eigenvalue weighted by Crippen LogP contribution is -2.67. The van der Waals surface area contributed by atoms with Gasteiger partial charge in [0.25, 0.3) is 0 Å². The highest BCUT2D eigenvalue weighted by Crippen LogP contribution is 2.29. The Kier molecular flexibility index (Phi) is 7.30. The van der Waals surface area contributed by atoms with Crippen LogP contribution in [0.15, 0.2) is 0 Å². The summed E-state index contributed by atoms with van der Waals surface area (Å²) in [5.74, 6) is -0.437. The third-order valence-corrected chi connectivity index (χ3v) is 4.58. The molecule has 0 aromatic rings. The summed E-state index contributed by atoms with van der Waals surface area (Å²) >= 11 is 0. The molecule has 11 heteroatoms. The lowest BCUT2D eigenvalue weighted by atomic mass is 9.95. The molecule has 2 heterocycles. The van der Waals surface area contributed by atoms with Crippen molar-refractivity contribution in [1.82, 2.24) is 5.32 Å². The summed E-state index contributed by atoms with van der Waals surface area (Å²) in [6.07, 6.45) is -11.1. The first-order valence-electron chi connectivity index (χ1n) is 8.30. The second-order valence-corrected chi connectivity index (χ2v) is 6.46. The highest BCUT2D eigenvalue weighted by molar-refractivity contribution is 5.73. The zero-order valence-electron chi connectivity index (χ0n) is 14.8. The lowest BCUT2D eigenvalue weighted by molar-refractivity contribution is -0.337. The van der Waals surface area contributed by atoms with Gasteiger partial charge in [-0.2, -0.15) is 0 Å². The van der Waals surface area contributed by atoms with Crippen molar-refractivity contribution >= 4 is 5.91 Å². The first-order valence-corrected chi connectivity index (χ1v) is 8.30. The molecule has 0 aliphatic carbocycles. The van der Waals surface area contributed by atoms with Crippen LogP contribution in [0.1, 0.15) is 13.8 Å². The Bertz CT molecular complexity index is 479. The van der Waals surface area contributed by atoms with Crippen molar-refractivity contribution in [2.45, 2.75) is 75.2 Å². The van der Waals surface area contributed by atoms with Gasteiger partial charge >= 0.3 is 0 Å². The van der Waals surface area contributed by atoms with Crippen molar-refractivity contribution in [3.63, 3.8) is 0 Å². The van der Waals surface area contributed by atoms with Crippen LogP contribution in [0.5, 0.6) is 0 Å². The molecule has 10 atom stereocenters. The van der Waals surface area contributed by atoms with E-state index in [4.69, 9.17) is 18.9 Å². The van der Waals surface area contributed by atoms with Crippen LogP contribution >= 0.6 is 0 Å². The Morgan fingerprint density at radius 3 is 2.27 bits per heavy atom. The Labute approximate surface area is 150 Å². The molecule has 0 saturated carbocycles. The molecular formula is C15H27NO10. The van der Waals surface area contributed by atoms with E-state index in [2.05, 4.69) is 5.32 Å². The van der Waals surface area contributed by atoms with E-state index in [0.717, 1.165) is 0 Å². The predicted molar refractivity (Wildman–Crippen MR) is 83.6 cm³/mol. The second-order valence-electron chi connectivity index (χ2n) is 6.46. The van der Waals surface area contributed by atoms with Crippen molar-refractivity contribution in [3.8, 4) is 0 Å². The number of hydrogen-bond donors (Lipinski definition) is 6. The maximum Gasteiger partial charge on any atom is 0.217 e. The number of hydrogen-bond acceptors (Lipinski definition) is 10. The largest absolute Gasteiger partial charge is 0.394 e. The Morgan fingerprint density at radius 1 is 1.08 bits per heavy atom. The summed E-state index contributed by atoms with van der Waals surface area (Å²) in [6.45, 7) is 2.25. The molecule has 2 aliphatic heterocycles. The second kappa shape index (κ2) is 8.87. The van der Waals surface area contributed by atoms with Gasteiger partial charge in [0, 0.05) is 14.0 Å². The summed E-state index contributed by atoms with van der Waals surface area (Å²) in [5, 5.41) is 51.8. The molecule has 0 aromatic carbocycles. The number of ether oxygens (including phenoxy) is 4. The minimum absolute atomic E-state index is 0.437. The number of carbonyl (C=O) groups is 1. The molecule has 11 nitrogen and oxygen atoms in total. The number of aliphatic hydroxyl groups is 5. The van der Waals surface area contributed by atoms with Gasteiger partial charge < -0.3 is 49.8 Å². The lowest BCUT2D eigenvalue weighted by Gasteiger charge is -2.47. The van der Waals surface area contributed by atoms with Crippen LogP contribution in [0.25, 0.3) is 0 Å². The number of methoxy groups -OCH3 is 1. The van der Waals surface area contributed by atoms with Crippen LogP contribution in [0.2, 0.25) is 0 Å². The van der Waals surface area contributed by atoms with E-state index in [9.17, 15) is 30.3 Å². The van der Waals surface area contributed by atoms with Crippen molar-refractivity contribution < 1.29 is 49.3 Å². The van der Waals surface area contributed by atoms with Crippen LogP contribution in [0, 0.1) is 0 Å². The average Bonchev–Trinajstić information content (AvgIpc) is 2.58. The van der Waals surface area contributed by atoms with Gasteiger partial charge in [-0.3, -0.25) is 4.79 Å². The van der Waals surface area contributed by atoms with E-state index in [-0.39, 0.29) is 0 Å². The zero-order chi connectivity index (χ0) is 19.6. The van der Waals surface area contributed by atoms with E-state index in [0.29, 0.717) is 0 Å². The van der Waals surface area contributed by atoms with Gasteiger partial charge in [0.1, 0.15) is 42.7 Å². The maximum absolute atomic E-state index is 11.5. The molecule has 26 heavy (non-hydrogen) atoms. The SMILES string of the molecule is COC1C(O)C(CO)OC(OC2C(C)OC(O)C(O)C2O)C1NC(C)=O. The van der Waals surface area contributed by atoms with E-state index in [1.165, 1.54) is 21.0 Å². The fourth-order valence-corrected chi connectivity index (χ4v) is 3.22. The molecule has 2 aliphatic rings. The van der Waals surface area contributed by atoms with E-state index >= 15 is 0 Å². The van der Waals surface area contributed by atoms with E-state index in [1.54, 1.807) is 0 Å². The Morgan fingerprint density at radius 2 is 1.73 bits per heavy atom. The van der Waals surface area contributed by atoms with Crippen LogP contribution in [-0.2, 0) is 23.7 Å². The monoisotopic (exact) mass is 381 g/mol. The van der Waals surface area contributed by atoms with E-state index < -0.39 is 73.9 Å². The molecule has 0 spiro atoms. The summed E-state index contributed by atoms with van der Waals surface area (Å²) in [7, 11) is 1.32. The fraction of sp³-hybridized carbons (Fsp3) is 0.933. The van der Waals surface area contributed by atoms with Gasteiger partial charge in [-0.05, 0) is 6.92 Å². The van der Waals surface area contributed by atoms with Crippen molar-refractivity contribution in [2.24, 2.45) is 0 Å². The minimum Gasteiger partial charge on any atom is -0.394 e. The molecule has 152 valence electrons.